The third kappa shape index (κ3) is 3.56. The molecule has 1 aromatic heterocycles. The highest BCUT2D eigenvalue weighted by Gasteiger charge is 2.12. The first kappa shape index (κ1) is 16.6. The van der Waals surface area contributed by atoms with Crippen LogP contribution in [0.1, 0.15) is 11.1 Å². The van der Waals surface area contributed by atoms with E-state index in [9.17, 15) is 5.26 Å². The van der Waals surface area contributed by atoms with Gasteiger partial charge in [0.1, 0.15) is 0 Å². The Kier molecular flexibility index (Phi) is 4.63. The molecule has 4 rings (SSSR count). The topological polar surface area (TPSA) is 41.6 Å². The van der Waals surface area contributed by atoms with Gasteiger partial charge in [0.15, 0.2) is 0 Å². The highest BCUT2D eigenvalue weighted by molar-refractivity contribution is 5.92. The van der Waals surface area contributed by atoms with E-state index in [2.05, 4.69) is 6.07 Å². The Morgan fingerprint density at radius 3 is 2.04 bits per heavy atom. The predicted molar refractivity (Wildman–Crippen MR) is 109 cm³/mol. The minimum atomic E-state index is 0.611. The van der Waals surface area contributed by atoms with E-state index >= 15 is 0 Å². The maximum Gasteiger partial charge on any atom is 0.1000 e. The molecule has 0 aliphatic carbocycles. The average Bonchev–Trinajstić information content (AvgIpc) is 3.18. The zero-order chi connectivity index (χ0) is 18.5. The minimum absolute atomic E-state index is 0.611. The lowest BCUT2D eigenvalue weighted by Crippen LogP contribution is -1.93. The van der Waals surface area contributed by atoms with Crippen molar-refractivity contribution in [3.63, 3.8) is 0 Å². The lowest BCUT2D eigenvalue weighted by Gasteiger charge is -2.01. The van der Waals surface area contributed by atoms with Crippen molar-refractivity contribution >= 4 is 11.6 Å². The average molecular weight is 347 g/mol. The summed E-state index contributed by atoms with van der Waals surface area (Å²) in [5.74, 6) is 0. The molecule has 0 N–H and O–H groups in total. The number of para-hydroxylation sites is 1. The summed E-state index contributed by atoms with van der Waals surface area (Å²) < 4.78 is 1.86. The van der Waals surface area contributed by atoms with Crippen LogP contribution in [0, 0.1) is 11.3 Å². The molecular formula is C24H17N3. The summed E-state index contributed by atoms with van der Waals surface area (Å²) in [6, 6.07) is 32.0. The van der Waals surface area contributed by atoms with Crippen LogP contribution < -0.4 is 0 Å². The molecular weight excluding hydrogens is 330 g/mol. The standard InChI is InChI=1S/C24H17N3/c25-17-21(19-10-4-1-5-11-19)16-22-18-27(23-14-8-3-9-15-23)26-24(22)20-12-6-2-7-13-20/h1-16,18H. The van der Waals surface area contributed by atoms with Crippen molar-refractivity contribution in [2.75, 3.05) is 0 Å². The van der Waals surface area contributed by atoms with Crippen LogP contribution in [0.25, 0.3) is 28.6 Å². The predicted octanol–water partition coefficient (Wildman–Crippen LogP) is 5.60. The van der Waals surface area contributed by atoms with Crippen molar-refractivity contribution in [1.29, 1.82) is 5.26 Å². The van der Waals surface area contributed by atoms with Gasteiger partial charge in [-0.05, 0) is 23.8 Å². The smallest absolute Gasteiger partial charge is 0.1000 e. The molecule has 3 nitrogen and oxygen atoms in total. The summed E-state index contributed by atoms with van der Waals surface area (Å²) in [4.78, 5) is 0. The molecule has 0 spiro atoms. The van der Waals surface area contributed by atoms with E-state index < -0.39 is 0 Å². The number of aromatic nitrogens is 2. The van der Waals surface area contributed by atoms with Crippen LogP contribution in [-0.4, -0.2) is 9.78 Å². The molecule has 0 amide bonds. The molecule has 3 aromatic carbocycles. The largest absolute Gasteiger partial charge is 0.240 e. The zero-order valence-corrected chi connectivity index (χ0v) is 14.7. The summed E-state index contributed by atoms with van der Waals surface area (Å²) in [6.07, 6.45) is 3.88. The van der Waals surface area contributed by atoms with Gasteiger partial charge in [-0.15, -0.1) is 0 Å². The quantitative estimate of drug-likeness (QED) is 0.451. The molecule has 0 saturated heterocycles. The van der Waals surface area contributed by atoms with Gasteiger partial charge in [0.2, 0.25) is 0 Å². The number of hydrogen-bond acceptors (Lipinski definition) is 2. The number of nitriles is 1. The van der Waals surface area contributed by atoms with Crippen molar-refractivity contribution in [3.8, 4) is 23.0 Å². The fraction of sp³-hybridized carbons (Fsp3) is 0. The van der Waals surface area contributed by atoms with Crippen LogP contribution in [0.3, 0.4) is 0 Å². The molecule has 27 heavy (non-hydrogen) atoms. The second-order valence-electron chi connectivity index (χ2n) is 6.12. The number of hydrogen-bond donors (Lipinski definition) is 0. The molecule has 0 atom stereocenters. The number of benzene rings is 3. The molecule has 0 fully saturated rings. The van der Waals surface area contributed by atoms with Crippen LogP contribution in [0.5, 0.6) is 0 Å². The zero-order valence-electron chi connectivity index (χ0n) is 14.7. The van der Waals surface area contributed by atoms with Crippen molar-refractivity contribution in [1.82, 2.24) is 9.78 Å². The highest BCUT2D eigenvalue weighted by atomic mass is 15.3. The first-order valence-corrected chi connectivity index (χ1v) is 8.73. The molecule has 3 heteroatoms. The monoisotopic (exact) mass is 347 g/mol. The van der Waals surface area contributed by atoms with Crippen molar-refractivity contribution in [2.45, 2.75) is 0 Å². The number of allylic oxidation sites excluding steroid dienone is 1. The molecule has 0 aliphatic heterocycles. The Bertz CT molecular complexity index is 1100. The Labute approximate surface area is 158 Å². The highest BCUT2D eigenvalue weighted by Crippen LogP contribution is 2.27. The lowest BCUT2D eigenvalue weighted by atomic mass is 10.0. The first-order chi connectivity index (χ1) is 13.3. The maximum absolute atomic E-state index is 9.68. The minimum Gasteiger partial charge on any atom is -0.240 e. The molecule has 0 unspecified atom stereocenters. The molecule has 0 bridgehead atoms. The Morgan fingerprint density at radius 1 is 0.815 bits per heavy atom. The van der Waals surface area contributed by atoms with E-state index in [-0.39, 0.29) is 0 Å². The maximum atomic E-state index is 9.68. The van der Waals surface area contributed by atoms with E-state index in [4.69, 9.17) is 5.10 Å². The normalized spacial score (nSPS) is 11.1. The lowest BCUT2D eigenvalue weighted by molar-refractivity contribution is 0.884. The SMILES string of the molecule is N#CC(=Cc1cn(-c2ccccc2)nc1-c1ccccc1)c1ccccc1. The van der Waals surface area contributed by atoms with Crippen LogP contribution in [0.2, 0.25) is 0 Å². The van der Waals surface area contributed by atoms with E-state index in [0.717, 1.165) is 28.1 Å². The summed E-state index contributed by atoms with van der Waals surface area (Å²) in [6.45, 7) is 0. The van der Waals surface area contributed by atoms with Gasteiger partial charge in [-0.3, -0.25) is 0 Å². The second kappa shape index (κ2) is 7.55. The van der Waals surface area contributed by atoms with Crippen molar-refractivity contribution in [3.05, 3.63) is 108 Å². The van der Waals surface area contributed by atoms with Gasteiger partial charge >= 0.3 is 0 Å². The van der Waals surface area contributed by atoms with E-state index in [0.29, 0.717) is 5.57 Å². The van der Waals surface area contributed by atoms with Crippen LogP contribution in [0.15, 0.2) is 97.2 Å². The van der Waals surface area contributed by atoms with Crippen molar-refractivity contribution < 1.29 is 0 Å². The van der Waals surface area contributed by atoms with E-state index in [1.165, 1.54) is 0 Å². The number of nitrogens with zero attached hydrogens (tertiary/aromatic N) is 3. The van der Waals surface area contributed by atoms with Gasteiger partial charge in [0, 0.05) is 17.3 Å². The molecule has 128 valence electrons. The molecule has 4 aromatic rings. The van der Waals surface area contributed by atoms with E-state index in [1.807, 2.05) is 108 Å². The van der Waals surface area contributed by atoms with E-state index in [1.54, 1.807) is 0 Å². The van der Waals surface area contributed by atoms with Gasteiger partial charge in [0.05, 0.1) is 23.0 Å². The van der Waals surface area contributed by atoms with Gasteiger partial charge in [-0.25, -0.2) is 4.68 Å². The summed E-state index contributed by atoms with van der Waals surface area (Å²) in [5.41, 5.74) is 5.26. The summed E-state index contributed by atoms with van der Waals surface area (Å²) in [5, 5.41) is 14.5. The van der Waals surface area contributed by atoms with Crippen molar-refractivity contribution in [2.24, 2.45) is 0 Å². The Morgan fingerprint density at radius 2 is 1.41 bits per heavy atom. The number of rotatable bonds is 4. The third-order valence-electron chi connectivity index (χ3n) is 4.32. The third-order valence-corrected chi connectivity index (χ3v) is 4.32. The first-order valence-electron chi connectivity index (χ1n) is 8.73. The summed E-state index contributed by atoms with van der Waals surface area (Å²) in [7, 11) is 0. The molecule has 1 heterocycles. The van der Waals surface area contributed by atoms with Crippen LogP contribution >= 0.6 is 0 Å². The van der Waals surface area contributed by atoms with Gasteiger partial charge in [0.25, 0.3) is 0 Å². The van der Waals surface area contributed by atoms with Crippen LogP contribution in [0.4, 0.5) is 0 Å². The molecule has 0 aliphatic rings. The molecule has 0 saturated carbocycles. The van der Waals surface area contributed by atoms with Gasteiger partial charge < -0.3 is 0 Å². The van der Waals surface area contributed by atoms with Gasteiger partial charge in [-0.2, -0.15) is 10.4 Å². The van der Waals surface area contributed by atoms with Crippen LogP contribution in [-0.2, 0) is 0 Å². The molecule has 0 radical (unpaired) electrons. The fourth-order valence-corrected chi connectivity index (χ4v) is 2.98. The van der Waals surface area contributed by atoms with Gasteiger partial charge in [-0.1, -0.05) is 78.9 Å². The Balaban J connectivity index is 1.87. The summed E-state index contributed by atoms with van der Waals surface area (Å²) >= 11 is 0. The fourth-order valence-electron chi connectivity index (χ4n) is 2.98. The Hall–Kier alpha value is -3.90. The second-order valence-corrected chi connectivity index (χ2v) is 6.12.